The molecule has 0 aromatic heterocycles. The molecular weight excluding hydrogens is 211 g/mol. The fourth-order valence-corrected chi connectivity index (χ4v) is 2.32. The van der Waals surface area contributed by atoms with Crippen LogP contribution in [-0.4, -0.2) is 41.5 Å². The van der Waals surface area contributed by atoms with Gasteiger partial charge in [0.15, 0.2) is 0 Å². The van der Waals surface area contributed by atoms with Crippen molar-refractivity contribution in [2.75, 3.05) is 13.2 Å². The lowest BCUT2D eigenvalue weighted by Crippen LogP contribution is -2.70. The maximum absolute atomic E-state index is 12.5. The molecule has 16 heavy (non-hydrogen) atoms. The molecule has 4 nitrogen and oxygen atoms in total. The van der Waals surface area contributed by atoms with Crippen LogP contribution in [0.25, 0.3) is 0 Å². The van der Waals surface area contributed by atoms with Crippen molar-refractivity contribution in [2.45, 2.75) is 45.2 Å². The fraction of sp³-hybridized carbons (Fsp3) is 0.818. The summed E-state index contributed by atoms with van der Waals surface area (Å²) in [5.41, 5.74) is -0.865. The SMILES string of the molecule is CCC1(CC)C(=O)NC(C)C(=O)N1CCF. The van der Waals surface area contributed by atoms with Crippen molar-refractivity contribution >= 4 is 11.8 Å². The Morgan fingerprint density at radius 1 is 1.38 bits per heavy atom. The van der Waals surface area contributed by atoms with Crippen LogP contribution in [0.3, 0.4) is 0 Å². The molecule has 0 aromatic rings. The zero-order chi connectivity index (χ0) is 12.3. The van der Waals surface area contributed by atoms with E-state index < -0.39 is 18.3 Å². The second kappa shape index (κ2) is 4.80. The van der Waals surface area contributed by atoms with Crippen molar-refractivity contribution in [1.82, 2.24) is 10.2 Å². The van der Waals surface area contributed by atoms with Crippen LogP contribution in [-0.2, 0) is 9.59 Å². The number of carbonyl (C=O) groups is 2. The summed E-state index contributed by atoms with van der Waals surface area (Å²) in [5.74, 6) is -0.362. The molecule has 1 N–H and O–H groups in total. The first-order valence-electron chi connectivity index (χ1n) is 5.71. The van der Waals surface area contributed by atoms with E-state index in [1.165, 1.54) is 4.90 Å². The third kappa shape index (κ3) is 1.79. The Balaban J connectivity index is 3.09. The summed E-state index contributed by atoms with van der Waals surface area (Å²) < 4.78 is 12.5. The zero-order valence-electron chi connectivity index (χ0n) is 10.0. The van der Waals surface area contributed by atoms with E-state index >= 15 is 0 Å². The second-order valence-corrected chi connectivity index (χ2v) is 4.11. The molecule has 92 valence electrons. The molecule has 5 heteroatoms. The molecular formula is C11H19FN2O2. The van der Waals surface area contributed by atoms with Crippen LogP contribution in [0.5, 0.6) is 0 Å². The van der Waals surface area contributed by atoms with Gasteiger partial charge in [0, 0.05) is 0 Å². The van der Waals surface area contributed by atoms with Gasteiger partial charge in [-0.3, -0.25) is 9.59 Å². The first-order valence-corrected chi connectivity index (χ1v) is 5.71. The monoisotopic (exact) mass is 230 g/mol. The van der Waals surface area contributed by atoms with Crippen LogP contribution in [0, 0.1) is 0 Å². The number of amides is 2. The van der Waals surface area contributed by atoms with Crippen molar-refractivity contribution < 1.29 is 14.0 Å². The second-order valence-electron chi connectivity index (χ2n) is 4.11. The number of alkyl halides is 1. The molecule has 1 unspecified atom stereocenters. The number of nitrogens with zero attached hydrogens (tertiary/aromatic N) is 1. The maximum Gasteiger partial charge on any atom is 0.246 e. The number of halogens is 1. The Labute approximate surface area is 95.2 Å². The lowest BCUT2D eigenvalue weighted by molar-refractivity contribution is -0.158. The van der Waals surface area contributed by atoms with Crippen molar-refractivity contribution in [2.24, 2.45) is 0 Å². The average Bonchev–Trinajstić information content (AvgIpc) is 2.27. The summed E-state index contributed by atoms with van der Waals surface area (Å²) in [6, 6.07) is -0.551. The smallest absolute Gasteiger partial charge is 0.246 e. The van der Waals surface area contributed by atoms with E-state index in [1.807, 2.05) is 13.8 Å². The standard InChI is InChI=1S/C11H19FN2O2/c1-4-11(5-2)10(16)13-8(3)9(15)14(11)7-6-12/h8H,4-7H2,1-3H3,(H,13,16). The van der Waals surface area contributed by atoms with Crippen molar-refractivity contribution in [3.8, 4) is 0 Å². The molecule has 1 fully saturated rings. The normalized spacial score (nSPS) is 24.5. The Kier molecular flexibility index (Phi) is 3.88. The Bertz CT molecular complexity index is 290. The first kappa shape index (κ1) is 12.9. The van der Waals surface area contributed by atoms with E-state index in [2.05, 4.69) is 5.32 Å². The van der Waals surface area contributed by atoms with Gasteiger partial charge in [-0.1, -0.05) is 13.8 Å². The molecule has 0 aromatic carbocycles. The van der Waals surface area contributed by atoms with E-state index in [0.717, 1.165) is 0 Å². The van der Waals surface area contributed by atoms with Crippen LogP contribution in [0.15, 0.2) is 0 Å². The van der Waals surface area contributed by atoms with Gasteiger partial charge in [-0.15, -0.1) is 0 Å². The minimum atomic E-state index is -0.865. The van der Waals surface area contributed by atoms with Gasteiger partial charge in [0.1, 0.15) is 18.3 Å². The lowest BCUT2D eigenvalue weighted by atomic mass is 9.86. The highest BCUT2D eigenvalue weighted by Gasteiger charge is 2.48. The van der Waals surface area contributed by atoms with Crippen LogP contribution in [0.2, 0.25) is 0 Å². The van der Waals surface area contributed by atoms with Crippen LogP contribution in [0.4, 0.5) is 4.39 Å². The topological polar surface area (TPSA) is 49.4 Å². The van der Waals surface area contributed by atoms with Crippen molar-refractivity contribution in [3.05, 3.63) is 0 Å². The third-order valence-electron chi connectivity index (χ3n) is 3.40. The average molecular weight is 230 g/mol. The van der Waals surface area contributed by atoms with Gasteiger partial charge in [-0.05, 0) is 19.8 Å². The molecule has 1 rings (SSSR count). The first-order chi connectivity index (χ1) is 7.53. The Morgan fingerprint density at radius 3 is 2.38 bits per heavy atom. The van der Waals surface area contributed by atoms with Crippen molar-refractivity contribution in [1.29, 1.82) is 0 Å². The quantitative estimate of drug-likeness (QED) is 0.778. The van der Waals surface area contributed by atoms with Crippen LogP contribution < -0.4 is 5.32 Å². The van der Waals surface area contributed by atoms with Crippen molar-refractivity contribution in [3.63, 3.8) is 0 Å². The highest BCUT2D eigenvalue weighted by Crippen LogP contribution is 2.28. The van der Waals surface area contributed by atoms with Gasteiger partial charge in [0.2, 0.25) is 11.8 Å². The van der Waals surface area contributed by atoms with Gasteiger partial charge in [0.25, 0.3) is 0 Å². The van der Waals surface area contributed by atoms with Crippen LogP contribution >= 0.6 is 0 Å². The van der Waals surface area contributed by atoms with Gasteiger partial charge in [0.05, 0.1) is 6.54 Å². The number of hydrogen-bond acceptors (Lipinski definition) is 2. The van der Waals surface area contributed by atoms with E-state index in [1.54, 1.807) is 6.92 Å². The van der Waals surface area contributed by atoms with Crippen LogP contribution in [0.1, 0.15) is 33.6 Å². The molecule has 1 aliphatic heterocycles. The van der Waals surface area contributed by atoms with E-state index in [0.29, 0.717) is 12.8 Å². The third-order valence-corrected chi connectivity index (χ3v) is 3.40. The molecule has 2 amide bonds. The molecule has 1 heterocycles. The molecule has 0 radical (unpaired) electrons. The van der Waals surface area contributed by atoms with Gasteiger partial charge in [-0.25, -0.2) is 4.39 Å². The minimum Gasteiger partial charge on any atom is -0.343 e. The largest absolute Gasteiger partial charge is 0.343 e. The highest BCUT2D eigenvalue weighted by atomic mass is 19.1. The van der Waals surface area contributed by atoms with E-state index in [-0.39, 0.29) is 18.4 Å². The van der Waals surface area contributed by atoms with Gasteiger partial charge >= 0.3 is 0 Å². The summed E-state index contributed by atoms with van der Waals surface area (Å²) in [7, 11) is 0. The molecule has 1 atom stereocenters. The molecule has 0 saturated carbocycles. The fourth-order valence-electron chi connectivity index (χ4n) is 2.32. The Morgan fingerprint density at radius 2 is 1.94 bits per heavy atom. The van der Waals surface area contributed by atoms with E-state index in [9.17, 15) is 14.0 Å². The molecule has 0 bridgehead atoms. The minimum absolute atomic E-state index is 0.00171. The number of carbonyl (C=O) groups excluding carboxylic acids is 2. The molecule has 0 aliphatic carbocycles. The summed E-state index contributed by atoms with van der Waals surface area (Å²) in [4.78, 5) is 25.3. The lowest BCUT2D eigenvalue weighted by Gasteiger charge is -2.46. The summed E-state index contributed by atoms with van der Waals surface area (Å²) >= 11 is 0. The van der Waals surface area contributed by atoms with Gasteiger partial charge < -0.3 is 10.2 Å². The zero-order valence-corrected chi connectivity index (χ0v) is 10.0. The number of hydrogen-bond donors (Lipinski definition) is 1. The highest BCUT2D eigenvalue weighted by molar-refractivity contribution is 5.99. The summed E-state index contributed by atoms with van der Waals surface area (Å²) in [6.45, 7) is 4.70. The molecule has 0 spiro atoms. The Hall–Kier alpha value is -1.13. The summed E-state index contributed by atoms with van der Waals surface area (Å²) in [5, 5.41) is 2.66. The van der Waals surface area contributed by atoms with E-state index in [4.69, 9.17) is 0 Å². The molecule has 1 saturated heterocycles. The number of nitrogens with one attached hydrogen (secondary N) is 1. The summed E-state index contributed by atoms with van der Waals surface area (Å²) in [6.07, 6.45) is 1.02. The number of piperazine rings is 1. The predicted molar refractivity (Wildman–Crippen MR) is 58.6 cm³/mol. The predicted octanol–water partition coefficient (Wildman–Crippen LogP) is 0.862. The molecule has 1 aliphatic rings. The number of rotatable bonds is 4. The maximum atomic E-state index is 12.5. The van der Waals surface area contributed by atoms with Gasteiger partial charge in [-0.2, -0.15) is 0 Å².